The van der Waals surface area contributed by atoms with Crippen molar-refractivity contribution in [1.82, 2.24) is 0 Å². The van der Waals surface area contributed by atoms with Gasteiger partial charge in [0.25, 0.3) is 5.92 Å². The lowest BCUT2D eigenvalue weighted by Gasteiger charge is -2.17. The van der Waals surface area contributed by atoms with Crippen molar-refractivity contribution in [2.45, 2.75) is 23.9 Å². The molecule has 1 saturated carbocycles. The molecule has 0 aliphatic heterocycles. The Hall–Kier alpha value is -1.74. The van der Waals surface area contributed by atoms with Gasteiger partial charge in [0, 0.05) is 0 Å². The second kappa shape index (κ2) is 3.42. The highest BCUT2D eigenvalue weighted by molar-refractivity contribution is 5.55. The van der Waals surface area contributed by atoms with E-state index < -0.39 is 23.9 Å². The van der Waals surface area contributed by atoms with Crippen LogP contribution in [0, 0.1) is 0 Å². The molecule has 3 heteroatoms. The summed E-state index contributed by atoms with van der Waals surface area (Å²) in [6, 6.07) is 14.0. The molecule has 4 rings (SSSR count). The van der Waals surface area contributed by atoms with Gasteiger partial charge in [0.15, 0.2) is 0 Å². The Labute approximate surface area is 109 Å². The van der Waals surface area contributed by atoms with Crippen LogP contribution < -0.4 is 0 Å². The maximum Gasteiger partial charge on any atom is 0.263 e. The van der Waals surface area contributed by atoms with Crippen LogP contribution in [0.1, 0.15) is 40.2 Å². The molecule has 0 spiro atoms. The fraction of sp³-hybridized carbons (Fsp3) is 0.250. The van der Waals surface area contributed by atoms with Crippen molar-refractivity contribution in [3.8, 4) is 0 Å². The van der Waals surface area contributed by atoms with Crippen LogP contribution in [0.4, 0.5) is 8.78 Å². The normalized spacial score (nSPS) is 29.7. The zero-order valence-electron chi connectivity index (χ0n) is 10.1. The van der Waals surface area contributed by atoms with Crippen molar-refractivity contribution in [3.05, 3.63) is 70.8 Å². The minimum atomic E-state index is -2.70. The van der Waals surface area contributed by atoms with Crippen molar-refractivity contribution < 1.29 is 13.9 Å². The van der Waals surface area contributed by atoms with E-state index in [1.54, 1.807) is 48.5 Å². The largest absolute Gasteiger partial charge is 0.384 e. The van der Waals surface area contributed by atoms with Crippen molar-refractivity contribution >= 4 is 0 Å². The molecule has 2 aliphatic carbocycles. The van der Waals surface area contributed by atoms with Gasteiger partial charge in [0.05, 0.1) is 11.8 Å². The molecule has 0 radical (unpaired) electrons. The molecular formula is C16H12F2O. The van der Waals surface area contributed by atoms with E-state index in [0.29, 0.717) is 22.3 Å². The maximum atomic E-state index is 14.1. The van der Waals surface area contributed by atoms with E-state index in [4.69, 9.17) is 0 Å². The standard InChI is InChI=1S/C16H12F2O/c17-16(18)13-9-5-1-3-7-11(9)15(19)12-8-4-2-6-10(12)14(13)16/h1-8,13-15,19H/t13-,14?,15?/m0/s1. The number of halogens is 2. The molecule has 96 valence electrons. The molecule has 3 atom stereocenters. The number of benzene rings is 2. The molecule has 2 aromatic rings. The second-order valence-electron chi connectivity index (χ2n) is 5.29. The smallest absolute Gasteiger partial charge is 0.263 e. The van der Waals surface area contributed by atoms with Crippen molar-refractivity contribution in [2.24, 2.45) is 0 Å². The molecule has 0 heterocycles. The molecule has 2 unspecified atom stereocenters. The van der Waals surface area contributed by atoms with Crippen molar-refractivity contribution in [2.75, 3.05) is 0 Å². The van der Waals surface area contributed by atoms with Crippen LogP contribution in [-0.4, -0.2) is 11.0 Å². The van der Waals surface area contributed by atoms with Crippen molar-refractivity contribution in [1.29, 1.82) is 0 Å². The highest BCUT2D eigenvalue weighted by Crippen LogP contribution is 2.69. The summed E-state index contributed by atoms with van der Waals surface area (Å²) in [7, 11) is 0. The molecule has 0 bridgehead atoms. The Morgan fingerprint density at radius 1 is 0.737 bits per heavy atom. The number of hydrogen-bond acceptors (Lipinski definition) is 1. The first-order valence-electron chi connectivity index (χ1n) is 6.36. The maximum absolute atomic E-state index is 14.1. The molecule has 1 fully saturated rings. The molecule has 0 aromatic heterocycles. The van der Waals surface area contributed by atoms with E-state index >= 15 is 0 Å². The minimum absolute atomic E-state index is 0.584. The van der Waals surface area contributed by atoms with Crippen LogP contribution in [0.5, 0.6) is 0 Å². The van der Waals surface area contributed by atoms with Gasteiger partial charge in [-0.25, -0.2) is 8.78 Å². The van der Waals surface area contributed by atoms with Gasteiger partial charge in [-0.1, -0.05) is 48.5 Å². The molecule has 1 nitrogen and oxygen atoms in total. The van der Waals surface area contributed by atoms with Gasteiger partial charge < -0.3 is 5.11 Å². The summed E-state index contributed by atoms with van der Waals surface area (Å²) in [6.45, 7) is 0. The summed E-state index contributed by atoms with van der Waals surface area (Å²) in [5, 5.41) is 10.5. The van der Waals surface area contributed by atoms with E-state index in [-0.39, 0.29) is 0 Å². The van der Waals surface area contributed by atoms with Gasteiger partial charge in [-0.05, 0) is 22.3 Å². The number of aliphatic hydroxyl groups is 1. The first-order chi connectivity index (χ1) is 9.12. The van der Waals surface area contributed by atoms with Gasteiger partial charge in [-0.2, -0.15) is 0 Å². The lowest BCUT2D eigenvalue weighted by Crippen LogP contribution is -2.08. The van der Waals surface area contributed by atoms with Crippen LogP contribution >= 0.6 is 0 Å². The number of fused-ring (bicyclic) bond motifs is 5. The van der Waals surface area contributed by atoms with E-state index in [1.807, 2.05) is 0 Å². The Morgan fingerprint density at radius 2 is 1.11 bits per heavy atom. The first-order valence-corrected chi connectivity index (χ1v) is 6.36. The zero-order chi connectivity index (χ0) is 13.2. The third-order valence-electron chi connectivity index (χ3n) is 4.30. The van der Waals surface area contributed by atoms with E-state index in [9.17, 15) is 13.9 Å². The fourth-order valence-corrected chi connectivity index (χ4v) is 3.35. The topological polar surface area (TPSA) is 20.2 Å². The lowest BCUT2D eigenvalue weighted by molar-refractivity contribution is 0.103. The summed E-state index contributed by atoms with van der Waals surface area (Å²) in [5.41, 5.74) is 2.39. The zero-order valence-corrected chi connectivity index (χ0v) is 10.1. The molecule has 2 aliphatic rings. The van der Waals surface area contributed by atoms with Gasteiger partial charge in [0.1, 0.15) is 6.10 Å². The monoisotopic (exact) mass is 258 g/mol. The fourth-order valence-electron chi connectivity index (χ4n) is 3.35. The van der Waals surface area contributed by atoms with Crippen LogP contribution in [0.25, 0.3) is 0 Å². The highest BCUT2D eigenvalue weighted by atomic mass is 19.3. The van der Waals surface area contributed by atoms with Gasteiger partial charge in [-0.15, -0.1) is 0 Å². The Balaban J connectivity index is 2.02. The van der Waals surface area contributed by atoms with Crippen LogP contribution in [0.3, 0.4) is 0 Å². The lowest BCUT2D eigenvalue weighted by atomic mass is 9.94. The molecule has 19 heavy (non-hydrogen) atoms. The highest BCUT2D eigenvalue weighted by Gasteiger charge is 2.71. The Morgan fingerprint density at radius 3 is 1.53 bits per heavy atom. The second-order valence-corrected chi connectivity index (χ2v) is 5.29. The summed E-state index contributed by atoms with van der Waals surface area (Å²) < 4.78 is 28.2. The number of hydrogen-bond donors (Lipinski definition) is 1. The summed E-state index contributed by atoms with van der Waals surface area (Å²) in [5.74, 6) is -4.28. The molecule has 0 saturated heterocycles. The summed E-state index contributed by atoms with van der Waals surface area (Å²) in [6.07, 6.45) is -0.809. The van der Waals surface area contributed by atoms with E-state index in [0.717, 1.165) is 0 Å². The molecule has 1 N–H and O–H groups in total. The average Bonchev–Trinajstić information content (AvgIpc) is 3.02. The Bertz CT molecular complexity index is 610. The number of alkyl halides is 2. The van der Waals surface area contributed by atoms with E-state index in [2.05, 4.69) is 0 Å². The number of rotatable bonds is 0. The summed E-state index contributed by atoms with van der Waals surface area (Å²) >= 11 is 0. The minimum Gasteiger partial charge on any atom is -0.384 e. The third kappa shape index (κ3) is 1.31. The summed E-state index contributed by atoms with van der Waals surface area (Å²) in [4.78, 5) is 0. The molecule has 2 aromatic carbocycles. The third-order valence-corrected chi connectivity index (χ3v) is 4.30. The predicted molar refractivity (Wildman–Crippen MR) is 67.4 cm³/mol. The van der Waals surface area contributed by atoms with Crippen molar-refractivity contribution in [3.63, 3.8) is 0 Å². The predicted octanol–water partition coefficient (Wildman–Crippen LogP) is 3.60. The molecular weight excluding hydrogens is 246 g/mol. The quantitative estimate of drug-likeness (QED) is 0.765. The first kappa shape index (κ1) is 11.1. The van der Waals surface area contributed by atoms with E-state index in [1.165, 1.54) is 0 Å². The SMILES string of the molecule is OC1c2ccccc2C2[C@H](c3ccccc31)C2(F)F. The van der Waals surface area contributed by atoms with Crippen LogP contribution in [0.15, 0.2) is 48.5 Å². The molecule has 0 amide bonds. The Kier molecular flexibility index (Phi) is 2.00. The van der Waals surface area contributed by atoms with Gasteiger partial charge in [0.2, 0.25) is 0 Å². The van der Waals surface area contributed by atoms with Gasteiger partial charge >= 0.3 is 0 Å². The number of aliphatic hydroxyl groups excluding tert-OH is 1. The van der Waals surface area contributed by atoms with Crippen LogP contribution in [-0.2, 0) is 0 Å². The van der Waals surface area contributed by atoms with Gasteiger partial charge in [-0.3, -0.25) is 0 Å². The average molecular weight is 258 g/mol. The van der Waals surface area contributed by atoms with Crippen LogP contribution in [0.2, 0.25) is 0 Å².